The Bertz CT molecular complexity index is 3150. The molecule has 378 valence electrons. The molecule has 71 heavy (non-hydrogen) atoms. The summed E-state index contributed by atoms with van der Waals surface area (Å²) in [6.07, 6.45) is 0.198. The van der Waals surface area contributed by atoms with E-state index in [0.717, 1.165) is 47.4 Å². The van der Waals surface area contributed by atoms with Crippen LogP contribution in [-0.2, 0) is 19.1 Å². The van der Waals surface area contributed by atoms with E-state index in [1.54, 1.807) is 43.3 Å². The van der Waals surface area contributed by atoms with Crippen molar-refractivity contribution in [2.45, 2.75) is 72.8 Å². The molecule has 0 saturated heterocycles. The van der Waals surface area contributed by atoms with Crippen molar-refractivity contribution >= 4 is 93.2 Å². The summed E-state index contributed by atoms with van der Waals surface area (Å²) in [6.45, 7) is 9.42. The molecule has 0 fully saturated rings. The van der Waals surface area contributed by atoms with Crippen LogP contribution in [0, 0.1) is 27.7 Å². The van der Waals surface area contributed by atoms with E-state index >= 15 is 0 Å². The van der Waals surface area contributed by atoms with Crippen LogP contribution in [0.15, 0.2) is 95.2 Å². The van der Waals surface area contributed by atoms with Crippen molar-refractivity contribution in [1.29, 1.82) is 0 Å². The highest BCUT2D eigenvalue weighted by Gasteiger charge is 2.47. The van der Waals surface area contributed by atoms with Crippen LogP contribution < -0.4 is 17.2 Å². The number of fused-ring (bicyclic) bond motifs is 2. The number of halogens is 7. The number of hydrogen-bond donors (Lipinski definition) is 3. The molecule has 1 amide bonds. The fourth-order valence-electron chi connectivity index (χ4n) is 7.50. The minimum atomic E-state index is -3.09. The number of carbonyl (C=O) groups excluding carboxylic acids is 5. The number of ether oxygens (including phenoxy) is 1. The van der Waals surface area contributed by atoms with Crippen molar-refractivity contribution in [3.05, 3.63) is 147 Å². The maximum Gasteiger partial charge on any atom is 0.417 e. The minimum Gasteiger partial charge on any atom is -0.460 e. The monoisotopic (exact) mass is 1050 g/mol. The van der Waals surface area contributed by atoms with Gasteiger partial charge in [-0.3, -0.25) is 34.1 Å². The molecular formula is C49H48Cl3F4N5O10. The summed E-state index contributed by atoms with van der Waals surface area (Å²) in [6, 6.07) is 16.1. The summed E-state index contributed by atoms with van der Waals surface area (Å²) in [5.41, 5.74) is 12.6. The third kappa shape index (κ3) is 13.8. The number of aryl methyl sites for hydroxylation is 4. The number of oxazole rings is 2. The molecule has 2 aliphatic heterocycles. The molecule has 2 aromatic heterocycles. The van der Waals surface area contributed by atoms with Crippen LogP contribution in [0.2, 0.25) is 10.0 Å². The standard InChI is InChI=1S/C24H20ClF2N3O3.C13H11NO6.C9H9ClO.C3H7F2N.ClH/c1-11-7-13(8-12(2)18(11)25)20-17-15(22(31)30(20)10-24(3,26)27)9-28-19(17)14-5-4-6-16-21(14)33-23(32)29-16;1-2-19-12(17)10(16)6-9(15)7-4-3-5-8-11(7)20-13(18)14-8;1-6-3-8(5-11)4-7(2)9(6)10;1-3(4,5)2-6;/h4-8,20H,9-10H2,1-3H3,(H,29,32);3-5H,2,6H2,1H3,(H,14,18);3-5H,1-2H3;2,6H2,1H3;1H. The van der Waals surface area contributed by atoms with Crippen molar-refractivity contribution < 1.29 is 55.1 Å². The lowest BCUT2D eigenvalue weighted by Gasteiger charge is -2.31. The van der Waals surface area contributed by atoms with Crippen LogP contribution in [0.3, 0.4) is 0 Å². The molecule has 2 aliphatic rings. The van der Waals surface area contributed by atoms with Gasteiger partial charge in [0, 0.05) is 46.2 Å². The molecule has 0 spiro atoms. The summed E-state index contributed by atoms with van der Waals surface area (Å²) < 4.78 is 65.7. The molecule has 15 nitrogen and oxygen atoms in total. The molecule has 8 rings (SSSR count). The average Bonchev–Trinajstić information content (AvgIpc) is 4.06. The van der Waals surface area contributed by atoms with Gasteiger partial charge in [0.05, 0.1) is 61.0 Å². The predicted octanol–water partition coefficient (Wildman–Crippen LogP) is 9.35. The summed E-state index contributed by atoms with van der Waals surface area (Å²) in [5, 5.41) is 1.33. The normalized spacial score (nSPS) is 14.1. The highest BCUT2D eigenvalue weighted by Crippen LogP contribution is 2.45. The van der Waals surface area contributed by atoms with E-state index < -0.39 is 72.4 Å². The number of aldehydes is 1. The third-order valence-electron chi connectivity index (χ3n) is 10.5. The number of aromatic nitrogens is 2. The number of benzene rings is 4. The van der Waals surface area contributed by atoms with Crippen molar-refractivity contribution in [3.63, 3.8) is 0 Å². The number of H-pyrrole nitrogens is 2. The molecule has 4 heterocycles. The van der Waals surface area contributed by atoms with Gasteiger partial charge in [0.1, 0.15) is 6.29 Å². The first-order valence-corrected chi connectivity index (χ1v) is 22.0. The Balaban J connectivity index is 0.000000244. The van der Waals surface area contributed by atoms with Gasteiger partial charge in [0.15, 0.2) is 16.9 Å². The van der Waals surface area contributed by atoms with Gasteiger partial charge >= 0.3 is 17.5 Å². The number of esters is 1. The van der Waals surface area contributed by atoms with Gasteiger partial charge in [-0.1, -0.05) is 47.5 Å². The quantitative estimate of drug-likeness (QED) is 0.0276. The number of nitrogens with two attached hydrogens (primary N) is 1. The second-order valence-electron chi connectivity index (χ2n) is 16.4. The summed E-state index contributed by atoms with van der Waals surface area (Å²) >= 11 is 12.2. The van der Waals surface area contributed by atoms with E-state index in [0.29, 0.717) is 55.2 Å². The maximum absolute atomic E-state index is 14.1. The zero-order valence-electron chi connectivity index (χ0n) is 39.2. The number of aliphatic imine (C=N–C) groups is 1. The number of Topliss-reactive ketones (excluding diaryl/α,β-unsaturated/α-hetero) is 2. The fraction of sp³-hybridized carbons (Fsp3) is 0.306. The highest BCUT2D eigenvalue weighted by molar-refractivity contribution is 6.38. The van der Waals surface area contributed by atoms with Crippen LogP contribution in [0.1, 0.15) is 87.3 Å². The predicted molar refractivity (Wildman–Crippen MR) is 262 cm³/mol. The number of alkyl halides is 4. The van der Waals surface area contributed by atoms with Gasteiger partial charge in [0.2, 0.25) is 5.78 Å². The molecule has 4 aromatic carbocycles. The Morgan fingerprint density at radius 3 is 1.86 bits per heavy atom. The zero-order chi connectivity index (χ0) is 52.0. The second kappa shape index (κ2) is 23.5. The number of rotatable bonds is 11. The molecule has 0 saturated carbocycles. The van der Waals surface area contributed by atoms with Crippen molar-refractivity contribution in [2.75, 3.05) is 26.2 Å². The summed E-state index contributed by atoms with van der Waals surface area (Å²) in [7, 11) is 0. The number of ketones is 2. The van der Waals surface area contributed by atoms with Crippen LogP contribution >= 0.6 is 35.6 Å². The molecule has 0 aliphatic carbocycles. The number of nitrogens with zero attached hydrogens (tertiary/aromatic N) is 2. The number of carbonyl (C=O) groups is 5. The first-order valence-electron chi connectivity index (χ1n) is 21.3. The smallest absolute Gasteiger partial charge is 0.417 e. The molecule has 1 unspecified atom stereocenters. The molecule has 4 N–H and O–H groups in total. The fourth-order valence-corrected chi connectivity index (χ4v) is 7.72. The number of para-hydroxylation sites is 2. The number of amides is 1. The van der Waals surface area contributed by atoms with Gasteiger partial charge in [-0.05, 0) is 98.8 Å². The first kappa shape index (κ1) is 56.9. The van der Waals surface area contributed by atoms with E-state index in [1.165, 1.54) is 17.0 Å². The summed E-state index contributed by atoms with van der Waals surface area (Å²) in [4.78, 5) is 92.0. The minimum absolute atomic E-state index is 0. The van der Waals surface area contributed by atoms with E-state index in [9.17, 15) is 51.1 Å². The van der Waals surface area contributed by atoms with Crippen LogP contribution in [0.25, 0.3) is 22.2 Å². The second-order valence-corrected chi connectivity index (χ2v) is 17.2. The van der Waals surface area contributed by atoms with Crippen LogP contribution in [-0.4, -0.2) is 88.4 Å². The highest BCUT2D eigenvalue weighted by atomic mass is 35.5. The van der Waals surface area contributed by atoms with Gasteiger partial charge in [-0.15, -0.1) is 12.4 Å². The first-order chi connectivity index (χ1) is 32.8. The van der Waals surface area contributed by atoms with Gasteiger partial charge < -0.3 is 24.2 Å². The lowest BCUT2D eigenvalue weighted by molar-refractivity contribution is -0.153. The molecule has 6 aromatic rings. The topological polar surface area (TPSA) is 228 Å². The van der Waals surface area contributed by atoms with Gasteiger partial charge in [0.25, 0.3) is 17.8 Å². The average molecular weight is 1050 g/mol. The molecule has 22 heteroatoms. The molecule has 1 atom stereocenters. The van der Waals surface area contributed by atoms with E-state index in [1.807, 2.05) is 39.8 Å². The van der Waals surface area contributed by atoms with Crippen molar-refractivity contribution in [1.82, 2.24) is 14.9 Å². The van der Waals surface area contributed by atoms with E-state index in [-0.39, 0.29) is 36.7 Å². The molecular weight excluding hydrogens is 1000 g/mol. The Labute approximate surface area is 418 Å². The lowest BCUT2D eigenvalue weighted by Crippen LogP contribution is -2.40. The van der Waals surface area contributed by atoms with Crippen LogP contribution in [0.4, 0.5) is 17.6 Å². The number of aromatic amines is 2. The van der Waals surface area contributed by atoms with Gasteiger partial charge in [-0.25, -0.2) is 31.9 Å². The van der Waals surface area contributed by atoms with E-state index in [2.05, 4.69) is 25.4 Å². The Kier molecular flexibility index (Phi) is 18.8. The Morgan fingerprint density at radius 2 is 1.35 bits per heavy atom. The number of hydrogen-bond acceptors (Lipinski definition) is 12. The maximum atomic E-state index is 14.1. The number of nitrogens with one attached hydrogen (secondary N) is 2. The van der Waals surface area contributed by atoms with Gasteiger partial charge in [-0.2, -0.15) is 0 Å². The largest absolute Gasteiger partial charge is 0.460 e. The SMILES string of the molecule is CC(F)(F)CN.CCOC(=O)C(=O)CC(=O)c1cccc2[nH]c(=O)oc12.Cc1cc(C2C3=C(CN=C3c3cccc4[nH]c(=O)oc34)C(=O)N2CC(C)(F)F)cc(C)c1Cl.Cc1cc(C=O)cc(C)c1Cl.Cl. The summed E-state index contributed by atoms with van der Waals surface area (Å²) in [5.74, 6) is -10.2. The van der Waals surface area contributed by atoms with Crippen LogP contribution in [0.5, 0.6) is 0 Å². The Hall–Kier alpha value is -6.67. The van der Waals surface area contributed by atoms with Crippen molar-refractivity contribution in [3.8, 4) is 0 Å². The van der Waals surface area contributed by atoms with E-state index in [4.69, 9.17) is 32.0 Å². The zero-order valence-corrected chi connectivity index (χ0v) is 41.5. The molecule has 0 radical (unpaired) electrons. The Morgan fingerprint density at radius 1 is 0.845 bits per heavy atom. The molecule has 0 bridgehead atoms. The third-order valence-corrected chi connectivity index (χ3v) is 11.7. The lowest BCUT2D eigenvalue weighted by atomic mass is 9.90. The van der Waals surface area contributed by atoms with Crippen molar-refractivity contribution in [2.24, 2.45) is 10.7 Å².